The number of aromatic nitrogens is 2. The molecule has 0 saturated heterocycles. The third-order valence-electron chi connectivity index (χ3n) is 5.25. The van der Waals surface area contributed by atoms with E-state index in [1.807, 2.05) is 30.3 Å². The molecule has 0 aliphatic heterocycles. The minimum atomic E-state index is -0.779. The van der Waals surface area contributed by atoms with E-state index in [9.17, 15) is 18.8 Å². The molecule has 0 bridgehead atoms. The van der Waals surface area contributed by atoms with Crippen LogP contribution in [0.15, 0.2) is 58.1 Å². The van der Waals surface area contributed by atoms with Crippen molar-refractivity contribution in [1.82, 2.24) is 9.55 Å². The second-order valence-corrected chi connectivity index (χ2v) is 7.79. The van der Waals surface area contributed by atoms with E-state index in [1.54, 1.807) is 13.0 Å². The monoisotopic (exact) mass is 469 g/mol. The van der Waals surface area contributed by atoms with Gasteiger partial charge in [0.05, 0.1) is 18.8 Å². The highest BCUT2D eigenvalue weighted by Gasteiger charge is 2.24. The Bertz CT molecular complexity index is 1260. The second-order valence-electron chi connectivity index (χ2n) is 7.79. The molecule has 34 heavy (non-hydrogen) atoms. The Hall–Kier alpha value is -3.92. The maximum Gasteiger partial charge on any atom is 0.330 e. The largest absolute Gasteiger partial charge is 0.385 e. The van der Waals surface area contributed by atoms with Crippen molar-refractivity contribution in [2.75, 3.05) is 42.8 Å². The Balaban J connectivity index is 1.94. The lowest BCUT2D eigenvalue weighted by Crippen LogP contribution is -2.44. The molecule has 9 nitrogen and oxygen atoms in total. The van der Waals surface area contributed by atoms with E-state index < -0.39 is 23.0 Å². The lowest BCUT2D eigenvalue weighted by molar-refractivity contribution is -0.117. The number of ether oxygens (including phenoxy) is 1. The van der Waals surface area contributed by atoms with Crippen LogP contribution in [0.3, 0.4) is 0 Å². The fourth-order valence-corrected chi connectivity index (χ4v) is 3.52. The summed E-state index contributed by atoms with van der Waals surface area (Å²) in [5.41, 5.74) is 6.36. The lowest BCUT2D eigenvalue weighted by atomic mass is 10.2. The molecule has 3 aromatic rings. The van der Waals surface area contributed by atoms with Gasteiger partial charge in [0.2, 0.25) is 5.91 Å². The third-order valence-corrected chi connectivity index (χ3v) is 5.25. The summed E-state index contributed by atoms with van der Waals surface area (Å²) >= 11 is 0. The molecule has 1 aromatic heterocycles. The van der Waals surface area contributed by atoms with Crippen LogP contribution in [0, 0.1) is 12.7 Å². The molecule has 180 valence electrons. The first kappa shape index (κ1) is 24.7. The van der Waals surface area contributed by atoms with Crippen molar-refractivity contribution in [3.8, 4) is 0 Å². The zero-order valence-electron chi connectivity index (χ0n) is 19.1. The third kappa shape index (κ3) is 5.90. The molecule has 3 rings (SSSR count). The number of hydrogen-bond donors (Lipinski definition) is 3. The number of aryl methyl sites for hydroxylation is 1. The minimum Gasteiger partial charge on any atom is -0.385 e. The van der Waals surface area contributed by atoms with Crippen LogP contribution in [0.25, 0.3) is 0 Å². The van der Waals surface area contributed by atoms with Gasteiger partial charge in [0.15, 0.2) is 5.69 Å². The van der Waals surface area contributed by atoms with Crippen molar-refractivity contribution in [2.45, 2.75) is 19.9 Å². The summed E-state index contributed by atoms with van der Waals surface area (Å²) in [4.78, 5) is 41.9. The minimum absolute atomic E-state index is 0.113. The highest BCUT2D eigenvalue weighted by Crippen LogP contribution is 2.20. The maximum atomic E-state index is 14.2. The van der Waals surface area contributed by atoms with Crippen LogP contribution in [0.5, 0.6) is 0 Å². The summed E-state index contributed by atoms with van der Waals surface area (Å²) in [5.74, 6) is -1.14. The van der Waals surface area contributed by atoms with Crippen LogP contribution < -0.4 is 27.2 Å². The Kier molecular flexibility index (Phi) is 8.20. The summed E-state index contributed by atoms with van der Waals surface area (Å²) in [6, 6.07) is 13.7. The van der Waals surface area contributed by atoms with Gasteiger partial charge in [-0.15, -0.1) is 0 Å². The zero-order valence-corrected chi connectivity index (χ0v) is 19.1. The number of benzene rings is 2. The molecule has 4 N–H and O–H groups in total. The van der Waals surface area contributed by atoms with Crippen molar-refractivity contribution in [1.29, 1.82) is 0 Å². The number of nitrogens with two attached hydrogens (primary N) is 1. The van der Waals surface area contributed by atoms with Gasteiger partial charge in [0, 0.05) is 20.3 Å². The predicted octanol–water partition coefficient (Wildman–Crippen LogP) is 2.10. The molecule has 0 unspecified atom stereocenters. The number of carbonyl (C=O) groups is 1. The molecule has 0 fully saturated rings. The van der Waals surface area contributed by atoms with Crippen molar-refractivity contribution >= 4 is 23.1 Å². The van der Waals surface area contributed by atoms with Crippen molar-refractivity contribution in [3.63, 3.8) is 0 Å². The molecule has 0 aliphatic rings. The first-order valence-corrected chi connectivity index (χ1v) is 10.8. The predicted molar refractivity (Wildman–Crippen MR) is 130 cm³/mol. The summed E-state index contributed by atoms with van der Waals surface area (Å²) in [5, 5.41) is 2.77. The average Bonchev–Trinajstić information content (AvgIpc) is 2.80. The molecular formula is C24H28FN5O4. The normalized spacial score (nSPS) is 10.8. The molecular weight excluding hydrogens is 441 g/mol. The van der Waals surface area contributed by atoms with Crippen molar-refractivity contribution in [2.24, 2.45) is 0 Å². The number of halogens is 1. The van der Waals surface area contributed by atoms with Gasteiger partial charge < -0.3 is 20.7 Å². The van der Waals surface area contributed by atoms with E-state index in [1.165, 1.54) is 28.7 Å². The number of methoxy groups -OCH3 is 1. The summed E-state index contributed by atoms with van der Waals surface area (Å²) in [7, 11) is 1.52. The van der Waals surface area contributed by atoms with E-state index >= 15 is 0 Å². The standard InChI is InChI=1S/C24H28FN5O4/c1-16-9-10-19(18(25)13-16)27-14-20(31)29(11-6-12-34-2)21-22(26)30(24(33)28-23(21)32)15-17-7-4-3-5-8-17/h3-5,7-10,13,27H,6,11-12,14-15,26H2,1-2H3,(H,28,32,33). The number of nitrogen functional groups attached to an aromatic ring is 1. The highest BCUT2D eigenvalue weighted by molar-refractivity contribution is 5.98. The number of H-pyrrole nitrogens is 1. The van der Waals surface area contributed by atoms with Crippen LogP contribution in [0.1, 0.15) is 17.5 Å². The van der Waals surface area contributed by atoms with Crippen molar-refractivity contribution < 1.29 is 13.9 Å². The Morgan fingerprint density at radius 1 is 1.21 bits per heavy atom. The number of hydrogen-bond acceptors (Lipinski definition) is 6. The van der Waals surface area contributed by atoms with Crippen LogP contribution in [-0.4, -0.2) is 42.3 Å². The Morgan fingerprint density at radius 3 is 2.62 bits per heavy atom. The zero-order chi connectivity index (χ0) is 24.7. The number of nitrogens with zero attached hydrogens (tertiary/aromatic N) is 2. The smallest absolute Gasteiger partial charge is 0.330 e. The Morgan fingerprint density at radius 2 is 1.94 bits per heavy atom. The van der Waals surface area contributed by atoms with Gasteiger partial charge in [0.1, 0.15) is 11.6 Å². The summed E-state index contributed by atoms with van der Waals surface area (Å²) < 4.78 is 20.5. The Labute approximate surface area is 196 Å². The molecule has 10 heteroatoms. The van der Waals surface area contributed by atoms with E-state index in [0.717, 1.165) is 11.1 Å². The molecule has 1 heterocycles. The van der Waals surface area contributed by atoms with Gasteiger partial charge in [-0.2, -0.15) is 0 Å². The molecule has 0 spiro atoms. The van der Waals surface area contributed by atoms with Gasteiger partial charge in [-0.05, 0) is 36.6 Å². The summed E-state index contributed by atoms with van der Waals surface area (Å²) in [6.07, 6.45) is 0.415. The second kappa shape index (κ2) is 11.3. The van der Waals surface area contributed by atoms with E-state index in [4.69, 9.17) is 10.5 Å². The van der Waals surface area contributed by atoms with E-state index in [2.05, 4.69) is 10.3 Å². The van der Waals surface area contributed by atoms with Gasteiger partial charge >= 0.3 is 5.69 Å². The highest BCUT2D eigenvalue weighted by atomic mass is 19.1. The number of aromatic amines is 1. The van der Waals surface area contributed by atoms with Crippen molar-refractivity contribution in [3.05, 3.63) is 86.3 Å². The molecule has 1 amide bonds. The van der Waals surface area contributed by atoms with E-state index in [-0.39, 0.29) is 36.8 Å². The van der Waals surface area contributed by atoms with Gasteiger partial charge in [0.25, 0.3) is 5.56 Å². The summed E-state index contributed by atoms with van der Waals surface area (Å²) in [6.45, 7) is 2.04. The number of anilines is 3. The van der Waals surface area contributed by atoms with Gasteiger partial charge in [-0.25, -0.2) is 9.18 Å². The van der Waals surface area contributed by atoms with Crippen LogP contribution in [0.2, 0.25) is 0 Å². The number of rotatable bonds is 10. The number of carbonyl (C=O) groups excluding carboxylic acids is 1. The molecule has 0 radical (unpaired) electrons. The van der Waals surface area contributed by atoms with Crippen LogP contribution in [0.4, 0.5) is 21.6 Å². The van der Waals surface area contributed by atoms with Crippen LogP contribution >= 0.6 is 0 Å². The van der Waals surface area contributed by atoms with Gasteiger partial charge in [-0.1, -0.05) is 36.4 Å². The number of nitrogens with one attached hydrogen (secondary N) is 2. The quantitative estimate of drug-likeness (QED) is 0.391. The topological polar surface area (TPSA) is 122 Å². The van der Waals surface area contributed by atoms with E-state index in [0.29, 0.717) is 13.0 Å². The number of amides is 1. The molecule has 2 aromatic carbocycles. The first-order valence-electron chi connectivity index (χ1n) is 10.8. The maximum absolute atomic E-state index is 14.2. The molecule has 0 aliphatic carbocycles. The SMILES string of the molecule is COCCCN(C(=O)CNc1ccc(C)cc1F)c1c(N)n(Cc2ccccc2)c(=O)[nH]c1=O. The fourth-order valence-electron chi connectivity index (χ4n) is 3.52. The molecule has 0 saturated carbocycles. The lowest BCUT2D eigenvalue weighted by Gasteiger charge is -2.25. The first-order chi connectivity index (χ1) is 16.3. The molecule has 0 atom stereocenters. The van der Waals surface area contributed by atoms with Crippen LogP contribution in [-0.2, 0) is 16.1 Å². The fraction of sp³-hybridized carbons (Fsp3) is 0.292. The average molecular weight is 470 g/mol. The van der Waals surface area contributed by atoms with Gasteiger partial charge in [-0.3, -0.25) is 19.1 Å².